The highest BCUT2D eigenvalue weighted by atomic mass is 35.5. The lowest BCUT2D eigenvalue weighted by Gasteiger charge is -2.09. The molecule has 5 heteroatoms. The molecule has 0 fully saturated rings. The minimum atomic E-state index is -0.330. The lowest BCUT2D eigenvalue weighted by atomic mass is 10.1. The molecule has 1 N–H and O–H groups in total. The van der Waals surface area contributed by atoms with Gasteiger partial charge < -0.3 is 4.74 Å². The Labute approximate surface area is 140 Å². The van der Waals surface area contributed by atoms with Gasteiger partial charge in [0.2, 0.25) is 0 Å². The molecule has 0 spiro atoms. The van der Waals surface area contributed by atoms with Crippen molar-refractivity contribution in [2.24, 2.45) is 5.10 Å². The van der Waals surface area contributed by atoms with Crippen molar-refractivity contribution >= 4 is 23.7 Å². The van der Waals surface area contributed by atoms with Crippen molar-refractivity contribution in [2.45, 2.75) is 6.42 Å². The molecule has 0 saturated heterocycles. The normalized spacial score (nSPS) is 10.5. The predicted octanol–water partition coefficient (Wildman–Crippen LogP) is 3.60. The fourth-order valence-electron chi connectivity index (χ4n) is 1.87. The van der Waals surface area contributed by atoms with Crippen molar-refractivity contribution in [3.8, 4) is 5.75 Å². The quantitative estimate of drug-likeness (QED) is 0.479. The summed E-state index contributed by atoms with van der Waals surface area (Å²) in [5.41, 5.74) is 4.25. The Morgan fingerprint density at radius 1 is 1.22 bits per heavy atom. The Bertz CT molecular complexity index is 696. The summed E-state index contributed by atoms with van der Waals surface area (Å²) in [4.78, 5) is 11.7. The minimum absolute atomic E-state index is 0.105. The number of carbonyl (C=O) groups is 1. The van der Waals surface area contributed by atoms with E-state index in [0.29, 0.717) is 17.2 Å². The fourth-order valence-corrected chi connectivity index (χ4v) is 2.00. The van der Waals surface area contributed by atoms with E-state index in [9.17, 15) is 4.79 Å². The molecular formula is C18H17ClN2O2. The SMILES string of the molecule is C=CCc1ccccc1OCC(=O)N/N=C\c1ccc(Cl)cc1. The van der Waals surface area contributed by atoms with Crippen molar-refractivity contribution in [1.82, 2.24) is 5.43 Å². The number of nitrogens with zero attached hydrogens (tertiary/aromatic N) is 1. The molecule has 0 bridgehead atoms. The molecule has 0 aromatic heterocycles. The number of halogens is 1. The number of para-hydroxylation sites is 1. The van der Waals surface area contributed by atoms with Gasteiger partial charge in [-0.05, 0) is 35.7 Å². The summed E-state index contributed by atoms with van der Waals surface area (Å²) in [6.45, 7) is 3.60. The first-order valence-corrected chi connectivity index (χ1v) is 7.46. The number of allylic oxidation sites excluding steroid dienone is 1. The summed E-state index contributed by atoms with van der Waals surface area (Å²) in [7, 11) is 0. The Balaban J connectivity index is 1.83. The highest BCUT2D eigenvalue weighted by molar-refractivity contribution is 6.30. The van der Waals surface area contributed by atoms with Gasteiger partial charge >= 0.3 is 0 Å². The highest BCUT2D eigenvalue weighted by Gasteiger charge is 2.04. The molecule has 0 unspecified atom stereocenters. The van der Waals surface area contributed by atoms with Crippen LogP contribution in [-0.2, 0) is 11.2 Å². The van der Waals surface area contributed by atoms with Crippen LogP contribution in [0, 0.1) is 0 Å². The number of carbonyl (C=O) groups excluding carboxylic acids is 1. The highest BCUT2D eigenvalue weighted by Crippen LogP contribution is 2.18. The first-order chi connectivity index (χ1) is 11.2. The van der Waals surface area contributed by atoms with Crippen LogP contribution in [0.25, 0.3) is 0 Å². The van der Waals surface area contributed by atoms with E-state index in [4.69, 9.17) is 16.3 Å². The minimum Gasteiger partial charge on any atom is -0.483 e. The van der Waals surface area contributed by atoms with Gasteiger partial charge in [0.05, 0.1) is 6.21 Å². The van der Waals surface area contributed by atoms with Crippen molar-refractivity contribution in [3.05, 3.63) is 77.3 Å². The summed E-state index contributed by atoms with van der Waals surface area (Å²) in [6, 6.07) is 14.7. The van der Waals surface area contributed by atoms with Crippen LogP contribution in [0.15, 0.2) is 66.3 Å². The van der Waals surface area contributed by atoms with E-state index in [1.807, 2.05) is 24.3 Å². The van der Waals surface area contributed by atoms with E-state index >= 15 is 0 Å². The van der Waals surface area contributed by atoms with Crippen LogP contribution in [0.2, 0.25) is 5.02 Å². The molecule has 0 atom stereocenters. The Morgan fingerprint density at radius 2 is 1.96 bits per heavy atom. The number of rotatable bonds is 7. The van der Waals surface area contributed by atoms with Crippen molar-refractivity contribution < 1.29 is 9.53 Å². The Kier molecular flexibility index (Phi) is 6.39. The molecule has 0 aliphatic rings. The third-order valence-electron chi connectivity index (χ3n) is 2.97. The molecule has 0 radical (unpaired) electrons. The number of amides is 1. The van der Waals surface area contributed by atoms with Gasteiger partial charge in [-0.3, -0.25) is 4.79 Å². The molecular weight excluding hydrogens is 312 g/mol. The second kappa shape index (κ2) is 8.76. The summed E-state index contributed by atoms with van der Waals surface area (Å²) in [6.07, 6.45) is 4.02. The number of ether oxygens (including phenoxy) is 1. The monoisotopic (exact) mass is 328 g/mol. The van der Waals surface area contributed by atoms with E-state index in [0.717, 1.165) is 11.1 Å². The molecule has 4 nitrogen and oxygen atoms in total. The van der Waals surface area contributed by atoms with E-state index < -0.39 is 0 Å². The third kappa shape index (κ3) is 5.60. The van der Waals surface area contributed by atoms with Gasteiger partial charge in [-0.1, -0.05) is 48.0 Å². The smallest absolute Gasteiger partial charge is 0.277 e. The van der Waals surface area contributed by atoms with E-state index in [2.05, 4.69) is 17.1 Å². The summed E-state index contributed by atoms with van der Waals surface area (Å²) in [5.74, 6) is 0.341. The maximum atomic E-state index is 11.7. The van der Waals surface area contributed by atoms with Gasteiger partial charge in [0, 0.05) is 5.02 Å². The van der Waals surface area contributed by atoms with Gasteiger partial charge in [0.1, 0.15) is 5.75 Å². The average Bonchev–Trinajstić information content (AvgIpc) is 2.56. The zero-order chi connectivity index (χ0) is 16.5. The van der Waals surface area contributed by atoms with Crippen LogP contribution in [-0.4, -0.2) is 18.7 Å². The molecule has 2 rings (SSSR count). The Hall–Kier alpha value is -2.59. The third-order valence-corrected chi connectivity index (χ3v) is 3.22. The summed E-state index contributed by atoms with van der Waals surface area (Å²) >= 11 is 5.79. The van der Waals surface area contributed by atoms with Crippen LogP contribution >= 0.6 is 11.6 Å². The van der Waals surface area contributed by atoms with Crippen molar-refractivity contribution in [1.29, 1.82) is 0 Å². The molecule has 0 saturated carbocycles. The summed E-state index contributed by atoms with van der Waals surface area (Å²) < 4.78 is 5.52. The molecule has 118 valence electrons. The van der Waals surface area contributed by atoms with Crippen molar-refractivity contribution in [3.63, 3.8) is 0 Å². The maximum absolute atomic E-state index is 11.7. The molecule has 0 aliphatic carbocycles. The molecule has 1 amide bonds. The van der Waals surface area contributed by atoms with Crippen LogP contribution in [0.4, 0.5) is 0 Å². The number of nitrogens with one attached hydrogen (secondary N) is 1. The number of hydrazone groups is 1. The van der Waals surface area contributed by atoms with E-state index in [-0.39, 0.29) is 12.5 Å². The molecule has 2 aromatic rings. The summed E-state index contributed by atoms with van der Waals surface area (Å²) in [5, 5.41) is 4.53. The van der Waals surface area contributed by atoms with Gasteiger partial charge in [-0.2, -0.15) is 5.10 Å². The molecule has 2 aromatic carbocycles. The Morgan fingerprint density at radius 3 is 2.70 bits per heavy atom. The van der Waals surface area contributed by atoms with E-state index in [1.54, 1.807) is 36.6 Å². The van der Waals surface area contributed by atoms with Gasteiger partial charge in [0.25, 0.3) is 5.91 Å². The largest absolute Gasteiger partial charge is 0.483 e. The fraction of sp³-hybridized carbons (Fsp3) is 0.111. The van der Waals surface area contributed by atoms with Crippen LogP contribution in [0.3, 0.4) is 0 Å². The first-order valence-electron chi connectivity index (χ1n) is 7.08. The number of benzene rings is 2. The van der Waals surface area contributed by atoms with Gasteiger partial charge in [-0.15, -0.1) is 6.58 Å². The topological polar surface area (TPSA) is 50.7 Å². The van der Waals surface area contributed by atoms with Gasteiger partial charge in [0.15, 0.2) is 6.61 Å². The molecule has 23 heavy (non-hydrogen) atoms. The zero-order valence-corrected chi connectivity index (χ0v) is 13.3. The lowest BCUT2D eigenvalue weighted by Crippen LogP contribution is -2.24. The molecule has 0 heterocycles. The second-order valence-corrected chi connectivity index (χ2v) is 5.17. The lowest BCUT2D eigenvalue weighted by molar-refractivity contribution is -0.123. The van der Waals surface area contributed by atoms with Crippen molar-refractivity contribution in [2.75, 3.05) is 6.61 Å². The maximum Gasteiger partial charge on any atom is 0.277 e. The van der Waals surface area contributed by atoms with Crippen LogP contribution in [0.1, 0.15) is 11.1 Å². The predicted molar refractivity (Wildman–Crippen MR) is 93.0 cm³/mol. The van der Waals surface area contributed by atoms with Crippen LogP contribution < -0.4 is 10.2 Å². The second-order valence-electron chi connectivity index (χ2n) is 4.73. The number of hydrogen-bond donors (Lipinski definition) is 1. The van der Waals surface area contributed by atoms with E-state index in [1.165, 1.54) is 0 Å². The standard InChI is InChI=1S/C18H17ClN2O2/c1-2-5-15-6-3-4-7-17(15)23-13-18(22)21-20-12-14-8-10-16(19)11-9-14/h2-4,6-12H,1,5,13H2,(H,21,22)/b20-12-. The zero-order valence-electron chi connectivity index (χ0n) is 12.5. The molecule has 0 aliphatic heterocycles. The number of hydrogen-bond acceptors (Lipinski definition) is 3. The average molecular weight is 329 g/mol. The first kappa shape index (κ1) is 16.8. The van der Waals surface area contributed by atoms with Crippen LogP contribution in [0.5, 0.6) is 5.75 Å². The van der Waals surface area contributed by atoms with Gasteiger partial charge in [-0.25, -0.2) is 5.43 Å².